The molecule has 0 atom stereocenters. The summed E-state index contributed by atoms with van der Waals surface area (Å²) in [6.07, 6.45) is -4.48. The Labute approximate surface area is 163 Å². The van der Waals surface area contributed by atoms with Crippen LogP contribution in [0.4, 0.5) is 18.9 Å². The van der Waals surface area contributed by atoms with E-state index in [9.17, 15) is 22.8 Å². The number of anilines is 1. The third-order valence-electron chi connectivity index (χ3n) is 5.16. The molecule has 2 N–H and O–H groups in total. The zero-order valence-electron chi connectivity index (χ0n) is 15.7. The van der Waals surface area contributed by atoms with Gasteiger partial charge >= 0.3 is 6.18 Å². The van der Waals surface area contributed by atoms with Gasteiger partial charge in [-0.2, -0.15) is 18.3 Å². The second kappa shape index (κ2) is 6.36. The molecule has 0 saturated carbocycles. The van der Waals surface area contributed by atoms with E-state index in [2.05, 4.69) is 5.10 Å². The number of hydrogen-bond donors (Lipinski definition) is 1. The zero-order chi connectivity index (χ0) is 21.1. The lowest BCUT2D eigenvalue weighted by Crippen LogP contribution is -2.37. The molecule has 0 aliphatic carbocycles. The molecular formula is C19H18F3N5O2. The number of alkyl halides is 3. The second-order valence-electron chi connectivity index (χ2n) is 7.11. The van der Waals surface area contributed by atoms with Gasteiger partial charge in [0.2, 0.25) is 0 Å². The van der Waals surface area contributed by atoms with Gasteiger partial charge in [-0.05, 0) is 24.6 Å². The number of nitrogen functional groups attached to an aromatic ring is 1. The van der Waals surface area contributed by atoms with Crippen molar-refractivity contribution in [3.8, 4) is 0 Å². The summed E-state index contributed by atoms with van der Waals surface area (Å²) in [6.45, 7) is 2.49. The van der Waals surface area contributed by atoms with Crippen LogP contribution < -0.4 is 11.3 Å². The lowest BCUT2D eigenvalue weighted by atomic mass is 10.1. The Bertz CT molecular complexity index is 1210. The first-order valence-corrected chi connectivity index (χ1v) is 8.90. The molecule has 1 aliphatic heterocycles. The topological polar surface area (TPSA) is 86.2 Å². The van der Waals surface area contributed by atoms with Crippen LogP contribution in [0.1, 0.15) is 27.3 Å². The van der Waals surface area contributed by atoms with Gasteiger partial charge in [0.1, 0.15) is 5.69 Å². The highest BCUT2D eigenvalue weighted by atomic mass is 19.4. The van der Waals surface area contributed by atoms with Crippen LogP contribution in [0.3, 0.4) is 0 Å². The molecule has 3 heterocycles. The number of likely N-dealkylation sites (N-methyl/N-ethyl adjacent to an activating group) is 1. The summed E-state index contributed by atoms with van der Waals surface area (Å²) in [5.41, 5.74) is 6.39. The van der Waals surface area contributed by atoms with Crippen LogP contribution in [0.5, 0.6) is 0 Å². The Balaban J connectivity index is 1.87. The van der Waals surface area contributed by atoms with Crippen molar-refractivity contribution in [3.63, 3.8) is 0 Å². The van der Waals surface area contributed by atoms with Crippen LogP contribution in [0.25, 0.3) is 10.9 Å². The fraction of sp³-hybridized carbons (Fsp3) is 0.316. The number of rotatable bonds is 2. The molecule has 0 bridgehead atoms. The summed E-state index contributed by atoms with van der Waals surface area (Å²) in [4.78, 5) is 27.1. The number of aromatic nitrogens is 3. The number of fused-ring (bicyclic) bond motifs is 3. The van der Waals surface area contributed by atoms with Crippen LogP contribution in [-0.4, -0.2) is 38.7 Å². The molecule has 0 saturated heterocycles. The van der Waals surface area contributed by atoms with E-state index in [-0.39, 0.29) is 34.8 Å². The lowest BCUT2D eigenvalue weighted by molar-refractivity contribution is -0.137. The van der Waals surface area contributed by atoms with E-state index in [0.29, 0.717) is 24.3 Å². The summed E-state index contributed by atoms with van der Waals surface area (Å²) in [7, 11) is 1.65. The van der Waals surface area contributed by atoms with Gasteiger partial charge in [-0.25, -0.2) is 4.68 Å². The molecule has 1 aromatic carbocycles. The molecule has 1 aliphatic rings. The third-order valence-corrected chi connectivity index (χ3v) is 5.16. The third kappa shape index (κ3) is 2.95. The number of carbonyl (C=O) groups is 1. The fourth-order valence-corrected chi connectivity index (χ4v) is 3.75. The summed E-state index contributed by atoms with van der Waals surface area (Å²) in [5.74, 6) is -0.284. The molecule has 29 heavy (non-hydrogen) atoms. The number of carbonyl (C=O) groups excluding carboxylic acids is 1. The van der Waals surface area contributed by atoms with E-state index < -0.39 is 17.3 Å². The highest BCUT2D eigenvalue weighted by Gasteiger charge is 2.32. The highest BCUT2D eigenvalue weighted by Crippen LogP contribution is 2.31. The predicted molar refractivity (Wildman–Crippen MR) is 101 cm³/mol. The minimum atomic E-state index is -4.48. The van der Waals surface area contributed by atoms with Crippen LogP contribution in [0.2, 0.25) is 0 Å². The Morgan fingerprint density at radius 3 is 2.62 bits per heavy atom. The maximum atomic E-state index is 13.1. The molecule has 152 valence electrons. The predicted octanol–water partition coefficient (Wildman–Crippen LogP) is 2.24. The summed E-state index contributed by atoms with van der Waals surface area (Å²) in [5, 5.41) is 4.44. The van der Waals surface area contributed by atoms with Gasteiger partial charge in [0, 0.05) is 20.1 Å². The van der Waals surface area contributed by atoms with Gasteiger partial charge in [-0.15, -0.1) is 0 Å². The summed E-state index contributed by atoms with van der Waals surface area (Å²) >= 11 is 0. The van der Waals surface area contributed by atoms with E-state index in [4.69, 9.17) is 5.73 Å². The number of nitrogens with two attached hydrogens (primary N) is 1. The normalized spacial score (nSPS) is 14.5. The first-order valence-electron chi connectivity index (χ1n) is 8.90. The average molecular weight is 405 g/mol. The molecule has 0 fully saturated rings. The number of hydrogen-bond acceptors (Lipinski definition) is 4. The first-order chi connectivity index (χ1) is 13.6. The standard InChI is InChI=1S/C19H18F3N5O2/c1-10-15-13(14(23)16-18(29)25(2)6-7-26(15)16)17(28)27(24-10)9-11-4-3-5-12(8-11)19(20,21)22/h3-5,8H,6-7,9,23H2,1-2H3. The SMILES string of the molecule is Cc1nn(Cc2cccc(C(F)(F)F)c2)c(=O)c2c(N)c3n(c12)CCN(C)C3=O. The van der Waals surface area contributed by atoms with Gasteiger partial charge in [-0.1, -0.05) is 12.1 Å². The summed E-state index contributed by atoms with van der Waals surface area (Å²) < 4.78 is 41.7. The quantitative estimate of drug-likeness (QED) is 0.709. The molecule has 0 radical (unpaired) electrons. The van der Waals surface area contributed by atoms with Gasteiger partial charge in [0.05, 0.1) is 34.4 Å². The van der Waals surface area contributed by atoms with Crippen LogP contribution >= 0.6 is 0 Å². The van der Waals surface area contributed by atoms with Crippen LogP contribution in [-0.2, 0) is 19.3 Å². The van der Waals surface area contributed by atoms with Crippen molar-refractivity contribution in [2.45, 2.75) is 26.2 Å². The molecule has 0 unspecified atom stereocenters. The Morgan fingerprint density at radius 1 is 1.21 bits per heavy atom. The summed E-state index contributed by atoms with van der Waals surface area (Å²) in [6, 6.07) is 4.74. The second-order valence-corrected chi connectivity index (χ2v) is 7.11. The van der Waals surface area contributed by atoms with Crippen molar-refractivity contribution in [2.75, 3.05) is 19.3 Å². The van der Waals surface area contributed by atoms with E-state index in [1.165, 1.54) is 17.0 Å². The molecular weight excluding hydrogens is 387 g/mol. The number of aryl methyl sites for hydroxylation is 1. The number of halogens is 3. The highest BCUT2D eigenvalue weighted by molar-refractivity contribution is 6.08. The van der Waals surface area contributed by atoms with Crippen molar-refractivity contribution < 1.29 is 18.0 Å². The molecule has 4 rings (SSSR count). The molecule has 2 aromatic heterocycles. The van der Waals surface area contributed by atoms with Crippen LogP contribution in [0, 0.1) is 6.92 Å². The van der Waals surface area contributed by atoms with Crippen molar-refractivity contribution in [1.29, 1.82) is 0 Å². The van der Waals surface area contributed by atoms with Gasteiger partial charge in [0.15, 0.2) is 0 Å². The molecule has 7 nitrogen and oxygen atoms in total. The lowest BCUT2D eigenvalue weighted by Gasteiger charge is -2.25. The van der Waals surface area contributed by atoms with Crippen LogP contribution in [0.15, 0.2) is 29.1 Å². The van der Waals surface area contributed by atoms with Crippen molar-refractivity contribution >= 4 is 22.5 Å². The molecule has 1 amide bonds. The van der Waals surface area contributed by atoms with E-state index in [0.717, 1.165) is 16.8 Å². The maximum absolute atomic E-state index is 13.1. The number of amides is 1. The zero-order valence-corrected chi connectivity index (χ0v) is 15.7. The van der Waals surface area contributed by atoms with Crippen molar-refractivity contribution in [2.24, 2.45) is 0 Å². The van der Waals surface area contributed by atoms with Gasteiger partial charge in [0.25, 0.3) is 11.5 Å². The smallest absolute Gasteiger partial charge is 0.396 e. The van der Waals surface area contributed by atoms with Gasteiger partial charge in [-0.3, -0.25) is 9.59 Å². The number of benzene rings is 1. The fourth-order valence-electron chi connectivity index (χ4n) is 3.75. The van der Waals surface area contributed by atoms with E-state index >= 15 is 0 Å². The van der Waals surface area contributed by atoms with Gasteiger partial charge < -0.3 is 15.2 Å². The van der Waals surface area contributed by atoms with E-state index in [1.54, 1.807) is 18.5 Å². The Hall–Kier alpha value is -3.30. The molecule has 0 spiro atoms. The Morgan fingerprint density at radius 2 is 1.93 bits per heavy atom. The monoisotopic (exact) mass is 405 g/mol. The first kappa shape index (κ1) is 19.0. The minimum absolute atomic E-state index is 0.0739. The maximum Gasteiger partial charge on any atom is 0.416 e. The number of nitrogens with zero attached hydrogens (tertiary/aromatic N) is 4. The minimum Gasteiger partial charge on any atom is -0.396 e. The van der Waals surface area contributed by atoms with Crippen molar-refractivity contribution in [3.05, 3.63) is 57.1 Å². The molecule has 10 heteroatoms. The van der Waals surface area contributed by atoms with E-state index in [1.807, 2.05) is 0 Å². The Kier molecular flexibility index (Phi) is 4.18. The molecule has 3 aromatic rings. The average Bonchev–Trinajstić information content (AvgIpc) is 2.96. The van der Waals surface area contributed by atoms with Crippen molar-refractivity contribution in [1.82, 2.24) is 19.2 Å². The largest absolute Gasteiger partial charge is 0.416 e.